The minimum atomic E-state index is 0.196. The van der Waals surface area contributed by atoms with Crippen molar-refractivity contribution in [2.75, 3.05) is 0 Å². The molecule has 2 saturated carbocycles. The lowest BCUT2D eigenvalue weighted by atomic mass is 9.98. The quantitative estimate of drug-likeness (QED) is 0.696. The van der Waals surface area contributed by atoms with E-state index < -0.39 is 0 Å². The van der Waals surface area contributed by atoms with Gasteiger partial charge in [0.15, 0.2) is 0 Å². The molecule has 0 radical (unpaired) electrons. The first-order chi connectivity index (χ1) is 10.4. The van der Waals surface area contributed by atoms with Gasteiger partial charge < -0.3 is 5.21 Å². The van der Waals surface area contributed by atoms with E-state index in [-0.39, 0.29) is 5.25 Å². The molecule has 7 heteroatoms. The second-order valence-electron chi connectivity index (χ2n) is 5.54. The fraction of sp³-hybridized carbons (Fsp3) is 0.429. The molecule has 2 fully saturated rings. The molecule has 1 aromatic carbocycles. The average Bonchev–Trinajstić information content (AvgIpc) is 3.23. The summed E-state index contributed by atoms with van der Waals surface area (Å²) < 4.78 is 1.74. The minimum Gasteiger partial charge on any atom is -0.411 e. The lowest BCUT2D eigenvalue weighted by molar-refractivity contribution is 0.314. The van der Waals surface area contributed by atoms with Crippen LogP contribution in [-0.2, 0) is 0 Å². The van der Waals surface area contributed by atoms with Crippen molar-refractivity contribution < 1.29 is 5.21 Å². The first-order valence-electron chi connectivity index (χ1n) is 7.09. The smallest absolute Gasteiger partial charge is 0.214 e. The van der Waals surface area contributed by atoms with Crippen molar-refractivity contribution in [3.05, 3.63) is 30.3 Å². The number of oxime groups is 1. The molecule has 2 aliphatic carbocycles. The Morgan fingerprint density at radius 2 is 2.10 bits per heavy atom. The van der Waals surface area contributed by atoms with Gasteiger partial charge >= 0.3 is 0 Å². The number of benzene rings is 1. The van der Waals surface area contributed by atoms with Crippen LogP contribution in [0.4, 0.5) is 0 Å². The first kappa shape index (κ1) is 12.8. The zero-order chi connectivity index (χ0) is 14.2. The van der Waals surface area contributed by atoms with Crippen molar-refractivity contribution in [3.63, 3.8) is 0 Å². The number of fused-ring (bicyclic) bond motifs is 2. The van der Waals surface area contributed by atoms with Gasteiger partial charge in [-0.25, -0.2) is 0 Å². The van der Waals surface area contributed by atoms with E-state index >= 15 is 0 Å². The van der Waals surface area contributed by atoms with Gasteiger partial charge in [-0.2, -0.15) is 4.68 Å². The fourth-order valence-electron chi connectivity index (χ4n) is 3.43. The molecule has 4 rings (SSSR count). The number of hydrogen-bond acceptors (Lipinski definition) is 6. The summed E-state index contributed by atoms with van der Waals surface area (Å²) >= 11 is 1.61. The van der Waals surface area contributed by atoms with E-state index in [1.807, 2.05) is 30.3 Å². The van der Waals surface area contributed by atoms with Crippen LogP contribution in [0.5, 0.6) is 0 Å². The summed E-state index contributed by atoms with van der Waals surface area (Å²) in [5.41, 5.74) is 1.86. The summed E-state index contributed by atoms with van der Waals surface area (Å²) in [6.45, 7) is 0. The van der Waals surface area contributed by atoms with E-state index in [0.717, 1.165) is 29.4 Å². The molecule has 0 amide bonds. The summed E-state index contributed by atoms with van der Waals surface area (Å²) in [6, 6.07) is 9.84. The van der Waals surface area contributed by atoms with Crippen LogP contribution >= 0.6 is 11.8 Å². The molecule has 2 aliphatic rings. The van der Waals surface area contributed by atoms with Crippen molar-refractivity contribution in [1.82, 2.24) is 20.2 Å². The maximum absolute atomic E-state index is 9.29. The third kappa shape index (κ3) is 2.12. The van der Waals surface area contributed by atoms with Crippen molar-refractivity contribution >= 4 is 17.5 Å². The van der Waals surface area contributed by atoms with Crippen LogP contribution in [0.3, 0.4) is 0 Å². The molecule has 108 valence electrons. The lowest BCUT2D eigenvalue weighted by Gasteiger charge is -2.21. The molecule has 0 spiro atoms. The predicted octanol–water partition coefficient (Wildman–Crippen LogP) is 2.38. The van der Waals surface area contributed by atoms with Gasteiger partial charge in [-0.15, -0.1) is 5.10 Å². The highest BCUT2D eigenvalue weighted by Gasteiger charge is 2.46. The molecule has 3 atom stereocenters. The minimum absolute atomic E-state index is 0.196. The zero-order valence-corrected chi connectivity index (χ0v) is 12.1. The Labute approximate surface area is 126 Å². The number of tetrazole rings is 1. The molecule has 0 saturated heterocycles. The van der Waals surface area contributed by atoms with E-state index in [9.17, 15) is 5.21 Å². The third-order valence-corrected chi connectivity index (χ3v) is 5.75. The Bertz CT molecular complexity index is 671. The van der Waals surface area contributed by atoms with Crippen LogP contribution in [0.1, 0.15) is 19.3 Å². The Balaban J connectivity index is 1.63. The average molecular weight is 301 g/mol. The molecule has 1 N–H and O–H groups in total. The molecule has 21 heavy (non-hydrogen) atoms. The summed E-state index contributed by atoms with van der Waals surface area (Å²) in [4.78, 5) is 0. The Morgan fingerprint density at radius 1 is 1.24 bits per heavy atom. The van der Waals surface area contributed by atoms with Gasteiger partial charge in [0.2, 0.25) is 5.16 Å². The molecule has 0 aliphatic heterocycles. The van der Waals surface area contributed by atoms with E-state index in [4.69, 9.17) is 0 Å². The van der Waals surface area contributed by atoms with Crippen LogP contribution in [0.2, 0.25) is 0 Å². The van der Waals surface area contributed by atoms with Crippen molar-refractivity contribution in [1.29, 1.82) is 0 Å². The fourth-order valence-corrected chi connectivity index (χ4v) is 4.78. The summed E-state index contributed by atoms with van der Waals surface area (Å²) in [5.74, 6) is 1.02. The van der Waals surface area contributed by atoms with Crippen molar-refractivity contribution in [3.8, 4) is 5.69 Å². The number of para-hydroxylation sites is 1. The summed E-state index contributed by atoms with van der Waals surface area (Å²) in [6.07, 6.45) is 3.48. The molecule has 1 aromatic heterocycles. The molecule has 1 heterocycles. The molecular formula is C14H15N5OS. The van der Waals surface area contributed by atoms with Gasteiger partial charge in [0.05, 0.1) is 16.6 Å². The van der Waals surface area contributed by atoms with E-state index in [0.29, 0.717) is 11.8 Å². The number of hydrogen-bond donors (Lipinski definition) is 1. The standard InChI is InChI=1S/C14H15N5OS/c20-16-12-9-6-7-10(8-9)13(12)21-14-15-17-18-19(14)11-4-2-1-3-5-11/h1-5,9-10,13,20H,6-8H2. The summed E-state index contributed by atoms with van der Waals surface area (Å²) in [7, 11) is 0. The first-order valence-corrected chi connectivity index (χ1v) is 7.97. The Kier molecular flexibility index (Phi) is 3.14. The van der Waals surface area contributed by atoms with Gasteiger partial charge in [-0.05, 0) is 47.7 Å². The molecule has 2 aromatic rings. The zero-order valence-electron chi connectivity index (χ0n) is 11.3. The number of rotatable bonds is 3. The third-order valence-electron chi connectivity index (χ3n) is 4.40. The Morgan fingerprint density at radius 3 is 2.90 bits per heavy atom. The van der Waals surface area contributed by atoms with Gasteiger partial charge in [0, 0.05) is 5.92 Å². The van der Waals surface area contributed by atoms with Gasteiger partial charge in [0.1, 0.15) is 0 Å². The number of nitrogens with zero attached hydrogens (tertiary/aromatic N) is 5. The number of thioether (sulfide) groups is 1. The maximum Gasteiger partial charge on any atom is 0.214 e. The Hall–Kier alpha value is -1.89. The van der Waals surface area contributed by atoms with Crippen molar-refractivity contribution in [2.45, 2.75) is 29.7 Å². The largest absolute Gasteiger partial charge is 0.411 e. The molecule has 6 nitrogen and oxygen atoms in total. The van der Waals surface area contributed by atoms with Crippen LogP contribution < -0.4 is 0 Å². The summed E-state index contributed by atoms with van der Waals surface area (Å²) in [5, 5.41) is 25.8. The lowest BCUT2D eigenvalue weighted by Crippen LogP contribution is -2.25. The van der Waals surface area contributed by atoms with Crippen LogP contribution in [0.15, 0.2) is 40.6 Å². The monoisotopic (exact) mass is 301 g/mol. The predicted molar refractivity (Wildman–Crippen MR) is 78.9 cm³/mol. The van der Waals surface area contributed by atoms with Gasteiger partial charge in [-0.3, -0.25) is 0 Å². The number of aromatic nitrogens is 4. The molecule has 3 unspecified atom stereocenters. The normalized spacial score (nSPS) is 29.3. The van der Waals surface area contributed by atoms with Crippen LogP contribution in [-0.4, -0.2) is 36.4 Å². The van der Waals surface area contributed by atoms with E-state index in [2.05, 4.69) is 20.7 Å². The van der Waals surface area contributed by atoms with E-state index in [1.54, 1.807) is 16.4 Å². The highest BCUT2D eigenvalue weighted by atomic mass is 32.2. The van der Waals surface area contributed by atoms with Gasteiger partial charge in [0.25, 0.3) is 0 Å². The highest BCUT2D eigenvalue weighted by Crippen LogP contribution is 2.49. The van der Waals surface area contributed by atoms with Crippen LogP contribution in [0.25, 0.3) is 5.69 Å². The van der Waals surface area contributed by atoms with E-state index in [1.165, 1.54) is 6.42 Å². The SMILES string of the molecule is ON=C1C2CCC(C2)C1Sc1nnnn1-c1ccccc1. The topological polar surface area (TPSA) is 76.2 Å². The van der Waals surface area contributed by atoms with Crippen LogP contribution in [0, 0.1) is 11.8 Å². The molecular weight excluding hydrogens is 286 g/mol. The molecule has 2 bridgehead atoms. The second-order valence-corrected chi connectivity index (χ2v) is 6.65. The van der Waals surface area contributed by atoms with Gasteiger partial charge in [-0.1, -0.05) is 35.1 Å². The second kappa shape index (κ2) is 5.14. The van der Waals surface area contributed by atoms with Crippen molar-refractivity contribution in [2.24, 2.45) is 17.0 Å². The maximum atomic E-state index is 9.29. The highest BCUT2D eigenvalue weighted by molar-refractivity contribution is 8.00.